The van der Waals surface area contributed by atoms with Crippen molar-refractivity contribution in [3.63, 3.8) is 0 Å². The summed E-state index contributed by atoms with van der Waals surface area (Å²) in [7, 11) is -0.860. The minimum atomic E-state index is -0.860. The van der Waals surface area contributed by atoms with E-state index in [1.165, 1.54) is 0 Å². The van der Waals surface area contributed by atoms with Crippen molar-refractivity contribution in [1.82, 2.24) is 5.32 Å². The van der Waals surface area contributed by atoms with Crippen molar-refractivity contribution in [2.24, 2.45) is 0 Å². The lowest BCUT2D eigenvalue weighted by molar-refractivity contribution is 0.0955. The van der Waals surface area contributed by atoms with Crippen LogP contribution < -0.4 is 5.32 Å². The van der Waals surface area contributed by atoms with E-state index in [2.05, 4.69) is 27.9 Å². The topological polar surface area (TPSA) is 46.2 Å². The number of nitrogens with one attached hydrogen (secondary N) is 1. The van der Waals surface area contributed by atoms with E-state index in [1.54, 1.807) is 12.3 Å². The van der Waals surface area contributed by atoms with Gasteiger partial charge < -0.3 is 5.32 Å². The lowest BCUT2D eigenvalue weighted by atomic mass is 10.2. The van der Waals surface area contributed by atoms with Gasteiger partial charge in [0, 0.05) is 32.9 Å². The molecule has 0 aliphatic heterocycles. The zero-order valence-electron chi connectivity index (χ0n) is 8.33. The second-order valence-electron chi connectivity index (χ2n) is 3.01. The molecule has 1 rings (SSSR count). The molecule has 0 fully saturated rings. The lowest BCUT2D eigenvalue weighted by Gasteiger charge is -2.05. The smallest absolute Gasteiger partial charge is 0.252 e. The van der Waals surface area contributed by atoms with Crippen molar-refractivity contribution >= 4 is 39.3 Å². The molecule has 5 heteroatoms. The molecular formula is C10H12INO2S. The first kappa shape index (κ1) is 12.6. The van der Waals surface area contributed by atoms with E-state index >= 15 is 0 Å². The number of carbonyl (C=O) groups is 1. The summed E-state index contributed by atoms with van der Waals surface area (Å²) in [6.45, 7) is 0.451. The Morgan fingerprint density at radius 3 is 2.73 bits per heavy atom. The van der Waals surface area contributed by atoms with Crippen LogP contribution in [0.25, 0.3) is 0 Å². The Labute approximate surface area is 105 Å². The van der Waals surface area contributed by atoms with Crippen molar-refractivity contribution < 1.29 is 9.00 Å². The molecule has 0 radical (unpaired) electrons. The van der Waals surface area contributed by atoms with Crippen LogP contribution in [0.15, 0.2) is 24.3 Å². The quantitative estimate of drug-likeness (QED) is 0.845. The Balaban J connectivity index is 2.54. The van der Waals surface area contributed by atoms with Gasteiger partial charge in [0.05, 0.1) is 5.56 Å². The van der Waals surface area contributed by atoms with Crippen LogP contribution in [-0.4, -0.2) is 28.7 Å². The molecule has 1 atom stereocenters. The van der Waals surface area contributed by atoms with Gasteiger partial charge in [-0.25, -0.2) is 0 Å². The van der Waals surface area contributed by atoms with Gasteiger partial charge in [-0.3, -0.25) is 9.00 Å². The Morgan fingerprint density at radius 1 is 1.47 bits per heavy atom. The third kappa shape index (κ3) is 4.29. The molecule has 0 saturated carbocycles. The van der Waals surface area contributed by atoms with E-state index in [-0.39, 0.29) is 5.91 Å². The zero-order valence-corrected chi connectivity index (χ0v) is 11.3. The summed E-state index contributed by atoms with van der Waals surface area (Å²) in [5, 5.41) is 2.73. The van der Waals surface area contributed by atoms with Crippen LogP contribution in [0.5, 0.6) is 0 Å². The molecule has 0 bridgehead atoms. The van der Waals surface area contributed by atoms with Crippen molar-refractivity contribution in [2.75, 3.05) is 18.6 Å². The van der Waals surface area contributed by atoms with Crippen LogP contribution in [0.1, 0.15) is 10.4 Å². The van der Waals surface area contributed by atoms with Gasteiger partial charge in [-0.2, -0.15) is 0 Å². The molecule has 0 aliphatic rings. The van der Waals surface area contributed by atoms with Crippen LogP contribution in [0, 0.1) is 3.57 Å². The summed E-state index contributed by atoms with van der Waals surface area (Å²) < 4.78 is 11.7. The van der Waals surface area contributed by atoms with Crippen LogP contribution >= 0.6 is 22.6 Å². The third-order valence-corrected chi connectivity index (χ3v) is 3.51. The maximum atomic E-state index is 11.6. The summed E-state index contributed by atoms with van der Waals surface area (Å²) in [5.74, 6) is 0.389. The minimum absolute atomic E-state index is 0.106. The second-order valence-corrected chi connectivity index (χ2v) is 5.73. The van der Waals surface area contributed by atoms with Crippen molar-refractivity contribution in [3.05, 3.63) is 33.4 Å². The Bertz CT molecular complexity index is 381. The Hall–Kier alpha value is -0.430. The monoisotopic (exact) mass is 337 g/mol. The molecule has 0 saturated heterocycles. The number of amides is 1. The Morgan fingerprint density at radius 2 is 2.13 bits per heavy atom. The number of hydrogen-bond acceptors (Lipinski definition) is 2. The molecule has 1 amide bonds. The summed E-state index contributed by atoms with van der Waals surface area (Å²) in [4.78, 5) is 11.6. The van der Waals surface area contributed by atoms with E-state index < -0.39 is 10.8 Å². The number of halogens is 1. The van der Waals surface area contributed by atoms with Gasteiger partial charge in [-0.1, -0.05) is 12.1 Å². The Kier molecular flexibility index (Phi) is 5.24. The van der Waals surface area contributed by atoms with Crippen LogP contribution in [0.3, 0.4) is 0 Å². The first-order chi connectivity index (χ1) is 7.11. The summed E-state index contributed by atoms with van der Waals surface area (Å²) in [6, 6.07) is 7.38. The van der Waals surface area contributed by atoms with Gasteiger partial charge >= 0.3 is 0 Å². The highest BCUT2D eigenvalue weighted by Gasteiger charge is 2.07. The summed E-state index contributed by atoms with van der Waals surface area (Å²) >= 11 is 2.12. The molecule has 1 aromatic rings. The fourth-order valence-electron chi connectivity index (χ4n) is 1.05. The van der Waals surface area contributed by atoms with Gasteiger partial charge in [0.1, 0.15) is 0 Å². The summed E-state index contributed by atoms with van der Waals surface area (Å²) in [5.41, 5.74) is 0.667. The molecule has 15 heavy (non-hydrogen) atoms. The van der Waals surface area contributed by atoms with E-state index in [1.807, 2.05) is 18.2 Å². The van der Waals surface area contributed by atoms with Crippen molar-refractivity contribution in [1.29, 1.82) is 0 Å². The molecule has 1 aromatic carbocycles. The summed E-state index contributed by atoms with van der Waals surface area (Å²) in [6.07, 6.45) is 1.62. The van der Waals surface area contributed by atoms with Gasteiger partial charge in [-0.05, 0) is 34.7 Å². The number of carbonyl (C=O) groups excluding carboxylic acids is 1. The van der Waals surface area contributed by atoms with E-state index in [4.69, 9.17) is 0 Å². The molecule has 82 valence electrons. The van der Waals surface area contributed by atoms with Crippen LogP contribution in [0.4, 0.5) is 0 Å². The average molecular weight is 337 g/mol. The highest BCUT2D eigenvalue weighted by atomic mass is 127. The van der Waals surface area contributed by atoms with Gasteiger partial charge in [-0.15, -0.1) is 0 Å². The average Bonchev–Trinajstić information content (AvgIpc) is 2.17. The van der Waals surface area contributed by atoms with Gasteiger partial charge in [0.2, 0.25) is 0 Å². The highest BCUT2D eigenvalue weighted by molar-refractivity contribution is 14.1. The molecule has 0 aliphatic carbocycles. The maximum absolute atomic E-state index is 11.6. The predicted molar refractivity (Wildman–Crippen MR) is 70.4 cm³/mol. The SMILES string of the molecule is CS(=O)CCNC(=O)c1ccccc1I. The van der Waals surface area contributed by atoms with Crippen LogP contribution in [-0.2, 0) is 10.8 Å². The lowest BCUT2D eigenvalue weighted by Crippen LogP contribution is -2.28. The first-order valence-electron chi connectivity index (χ1n) is 4.44. The normalized spacial score (nSPS) is 12.1. The fourth-order valence-corrected chi connectivity index (χ4v) is 2.07. The van der Waals surface area contributed by atoms with E-state index in [0.717, 1.165) is 3.57 Å². The molecular weight excluding hydrogens is 325 g/mol. The molecule has 0 aromatic heterocycles. The highest BCUT2D eigenvalue weighted by Crippen LogP contribution is 2.10. The largest absolute Gasteiger partial charge is 0.351 e. The van der Waals surface area contributed by atoms with Gasteiger partial charge in [0.15, 0.2) is 0 Å². The molecule has 3 nitrogen and oxygen atoms in total. The number of rotatable bonds is 4. The predicted octanol–water partition coefficient (Wildman–Crippen LogP) is 1.40. The standard InChI is InChI=1S/C10H12INO2S/c1-15(14)7-6-12-10(13)8-4-2-3-5-9(8)11/h2-5H,6-7H2,1H3,(H,12,13). The second kappa shape index (κ2) is 6.22. The molecule has 0 heterocycles. The fraction of sp³-hybridized carbons (Fsp3) is 0.300. The number of hydrogen-bond donors (Lipinski definition) is 1. The first-order valence-corrected chi connectivity index (χ1v) is 7.24. The third-order valence-electron chi connectivity index (χ3n) is 1.79. The van der Waals surface area contributed by atoms with E-state index in [0.29, 0.717) is 17.9 Å². The maximum Gasteiger partial charge on any atom is 0.252 e. The van der Waals surface area contributed by atoms with Gasteiger partial charge in [0.25, 0.3) is 5.91 Å². The van der Waals surface area contributed by atoms with E-state index in [9.17, 15) is 9.00 Å². The zero-order chi connectivity index (χ0) is 11.3. The van der Waals surface area contributed by atoms with Crippen LogP contribution in [0.2, 0.25) is 0 Å². The van der Waals surface area contributed by atoms with Crippen molar-refractivity contribution in [2.45, 2.75) is 0 Å². The number of benzene rings is 1. The molecule has 0 spiro atoms. The molecule has 1 N–H and O–H groups in total. The molecule has 1 unspecified atom stereocenters. The van der Waals surface area contributed by atoms with Crippen molar-refractivity contribution in [3.8, 4) is 0 Å². The minimum Gasteiger partial charge on any atom is -0.351 e.